The van der Waals surface area contributed by atoms with Crippen LogP contribution in [0, 0.1) is 0 Å². The lowest BCUT2D eigenvalue weighted by molar-refractivity contribution is -0.128. The number of likely N-dealkylation sites (N-methyl/N-ethyl adjacent to an activating group) is 1. The highest BCUT2D eigenvalue weighted by molar-refractivity contribution is 7.99. The van der Waals surface area contributed by atoms with Gasteiger partial charge in [-0.1, -0.05) is 42.1 Å². The Balaban J connectivity index is 1.24. The molecule has 0 bridgehead atoms. The van der Waals surface area contributed by atoms with Crippen molar-refractivity contribution in [1.82, 2.24) is 19.7 Å². The van der Waals surface area contributed by atoms with Crippen molar-refractivity contribution in [2.75, 3.05) is 43.9 Å². The van der Waals surface area contributed by atoms with Crippen LogP contribution in [-0.2, 0) is 4.79 Å². The number of aromatic nitrogens is 3. The topological polar surface area (TPSA) is 72.7 Å². The number of rotatable bonds is 7. The molecule has 0 radical (unpaired) electrons. The van der Waals surface area contributed by atoms with Crippen LogP contribution in [0.25, 0.3) is 5.69 Å². The van der Waals surface area contributed by atoms with Crippen LogP contribution >= 0.6 is 11.8 Å². The molecule has 0 spiro atoms. The van der Waals surface area contributed by atoms with Gasteiger partial charge in [0.05, 0.1) is 18.0 Å². The van der Waals surface area contributed by atoms with Gasteiger partial charge in [0.25, 0.3) is 0 Å². The summed E-state index contributed by atoms with van der Waals surface area (Å²) >= 11 is 1.41. The summed E-state index contributed by atoms with van der Waals surface area (Å²) in [6, 6.07) is 17.7. The van der Waals surface area contributed by atoms with E-state index in [9.17, 15) is 4.79 Å². The summed E-state index contributed by atoms with van der Waals surface area (Å²) in [5.41, 5.74) is 1.00. The molecule has 2 aliphatic rings. The largest absolute Gasteiger partial charge is 0.486 e. The third-order valence-electron chi connectivity index (χ3n) is 6.07. The van der Waals surface area contributed by atoms with Gasteiger partial charge in [-0.25, -0.2) is 0 Å². The van der Waals surface area contributed by atoms with Gasteiger partial charge in [-0.15, -0.1) is 10.2 Å². The van der Waals surface area contributed by atoms with E-state index in [1.807, 2.05) is 54.6 Å². The highest BCUT2D eigenvalue weighted by Gasteiger charge is 2.25. The first-order valence-electron chi connectivity index (χ1n) is 11.7. The maximum absolute atomic E-state index is 12.9. The molecule has 2 aromatic carbocycles. The third-order valence-corrected chi connectivity index (χ3v) is 6.98. The average molecular weight is 480 g/mol. The second kappa shape index (κ2) is 10.4. The molecule has 9 heteroatoms. The SMILES string of the molecule is CN(CC1COc2ccccc2O1)C(=O)CSc1nnc(N2CCCCC2)n1-c1ccccc1. The van der Waals surface area contributed by atoms with E-state index in [-0.39, 0.29) is 17.8 Å². The van der Waals surface area contributed by atoms with Crippen LogP contribution in [0.5, 0.6) is 11.5 Å². The van der Waals surface area contributed by atoms with Gasteiger partial charge >= 0.3 is 0 Å². The number of para-hydroxylation sites is 3. The number of carbonyl (C=O) groups is 1. The molecule has 1 amide bonds. The first kappa shape index (κ1) is 22.6. The number of thioether (sulfide) groups is 1. The monoisotopic (exact) mass is 479 g/mol. The normalized spacial score (nSPS) is 17.4. The van der Waals surface area contributed by atoms with E-state index in [0.29, 0.717) is 13.2 Å². The van der Waals surface area contributed by atoms with Gasteiger partial charge < -0.3 is 19.3 Å². The van der Waals surface area contributed by atoms with Crippen molar-refractivity contribution < 1.29 is 14.3 Å². The molecule has 2 aliphatic heterocycles. The van der Waals surface area contributed by atoms with Crippen molar-refractivity contribution in [1.29, 1.82) is 0 Å². The van der Waals surface area contributed by atoms with Crippen LogP contribution in [0.15, 0.2) is 59.8 Å². The Hall–Kier alpha value is -3.20. The fraction of sp³-hybridized carbons (Fsp3) is 0.400. The summed E-state index contributed by atoms with van der Waals surface area (Å²) in [5, 5.41) is 9.69. The summed E-state index contributed by atoms with van der Waals surface area (Å²) in [6.45, 7) is 2.83. The van der Waals surface area contributed by atoms with E-state index < -0.39 is 0 Å². The van der Waals surface area contributed by atoms with E-state index in [1.54, 1.807) is 11.9 Å². The van der Waals surface area contributed by atoms with Gasteiger partial charge in [-0.05, 0) is 43.5 Å². The summed E-state index contributed by atoms with van der Waals surface area (Å²) in [6.07, 6.45) is 3.36. The minimum absolute atomic E-state index is 0.00888. The van der Waals surface area contributed by atoms with Crippen molar-refractivity contribution >= 4 is 23.6 Å². The smallest absolute Gasteiger partial charge is 0.232 e. The minimum Gasteiger partial charge on any atom is -0.486 e. The number of anilines is 1. The maximum atomic E-state index is 12.9. The van der Waals surface area contributed by atoms with Gasteiger partial charge in [0.15, 0.2) is 22.8 Å². The number of hydrogen-bond donors (Lipinski definition) is 0. The quantitative estimate of drug-likeness (QED) is 0.479. The van der Waals surface area contributed by atoms with Crippen LogP contribution in [0.4, 0.5) is 5.95 Å². The molecular formula is C25H29N5O3S. The Bertz CT molecular complexity index is 1120. The number of fused-ring (bicyclic) bond motifs is 1. The molecular weight excluding hydrogens is 450 g/mol. The predicted molar refractivity (Wildman–Crippen MR) is 132 cm³/mol. The highest BCUT2D eigenvalue weighted by Crippen LogP contribution is 2.31. The Morgan fingerprint density at radius 2 is 1.76 bits per heavy atom. The van der Waals surface area contributed by atoms with Gasteiger partial charge in [0, 0.05) is 20.1 Å². The highest BCUT2D eigenvalue weighted by atomic mass is 32.2. The molecule has 1 fully saturated rings. The Morgan fingerprint density at radius 3 is 2.56 bits per heavy atom. The van der Waals surface area contributed by atoms with Crippen LogP contribution < -0.4 is 14.4 Å². The molecule has 3 aromatic rings. The number of nitrogens with zero attached hydrogens (tertiary/aromatic N) is 5. The molecule has 1 unspecified atom stereocenters. The molecule has 1 saturated heterocycles. The number of piperidine rings is 1. The first-order chi connectivity index (χ1) is 16.7. The molecule has 8 nitrogen and oxygen atoms in total. The number of amides is 1. The molecule has 0 saturated carbocycles. The van der Waals surface area contributed by atoms with Crippen molar-refractivity contribution in [3.8, 4) is 17.2 Å². The van der Waals surface area contributed by atoms with Crippen LogP contribution in [0.2, 0.25) is 0 Å². The number of carbonyl (C=O) groups excluding carboxylic acids is 1. The molecule has 1 atom stereocenters. The number of ether oxygens (including phenoxy) is 2. The summed E-state index contributed by atoms with van der Waals surface area (Å²) in [5.74, 6) is 2.59. The van der Waals surface area contributed by atoms with Crippen LogP contribution in [-0.4, -0.2) is 70.7 Å². The molecule has 34 heavy (non-hydrogen) atoms. The molecule has 0 aliphatic carbocycles. The molecule has 3 heterocycles. The van der Waals surface area contributed by atoms with Gasteiger partial charge in [-0.2, -0.15) is 0 Å². The fourth-order valence-electron chi connectivity index (χ4n) is 4.25. The summed E-state index contributed by atoms with van der Waals surface area (Å²) < 4.78 is 13.8. The Labute approximate surface area is 203 Å². The van der Waals surface area contributed by atoms with Crippen molar-refractivity contribution in [2.45, 2.75) is 30.5 Å². The Kier molecular flexibility index (Phi) is 6.89. The molecule has 5 rings (SSSR count). The van der Waals surface area contributed by atoms with E-state index >= 15 is 0 Å². The molecule has 1 aromatic heterocycles. The number of benzene rings is 2. The lowest BCUT2D eigenvalue weighted by atomic mass is 10.1. The lowest BCUT2D eigenvalue weighted by Crippen LogP contribution is -2.42. The van der Waals surface area contributed by atoms with E-state index in [1.165, 1.54) is 18.2 Å². The fourth-order valence-corrected chi connectivity index (χ4v) is 5.14. The van der Waals surface area contributed by atoms with Gasteiger partial charge in [0.1, 0.15) is 6.61 Å². The first-order valence-corrected chi connectivity index (χ1v) is 12.7. The number of hydrogen-bond acceptors (Lipinski definition) is 7. The van der Waals surface area contributed by atoms with Crippen molar-refractivity contribution in [3.05, 3.63) is 54.6 Å². The van der Waals surface area contributed by atoms with Crippen LogP contribution in [0.3, 0.4) is 0 Å². The summed E-state index contributed by atoms with van der Waals surface area (Å²) in [7, 11) is 1.80. The third kappa shape index (κ3) is 4.99. The zero-order valence-corrected chi connectivity index (χ0v) is 20.1. The van der Waals surface area contributed by atoms with Crippen molar-refractivity contribution in [2.24, 2.45) is 0 Å². The van der Waals surface area contributed by atoms with E-state index in [0.717, 1.165) is 54.2 Å². The minimum atomic E-state index is -0.201. The van der Waals surface area contributed by atoms with Crippen molar-refractivity contribution in [3.63, 3.8) is 0 Å². The standard InChI is InChI=1S/C25H29N5O3S/c1-28(16-20-17-32-21-12-6-7-13-22(21)33-20)23(31)18-34-25-27-26-24(29-14-8-3-9-15-29)30(25)19-10-4-2-5-11-19/h2,4-7,10-13,20H,3,8-9,14-18H2,1H3. The zero-order chi connectivity index (χ0) is 23.3. The van der Waals surface area contributed by atoms with Crippen LogP contribution in [0.1, 0.15) is 19.3 Å². The molecule has 0 N–H and O–H groups in total. The second-order valence-electron chi connectivity index (χ2n) is 8.56. The average Bonchev–Trinajstić information content (AvgIpc) is 3.32. The molecule has 178 valence electrons. The maximum Gasteiger partial charge on any atom is 0.232 e. The lowest BCUT2D eigenvalue weighted by Gasteiger charge is -2.29. The second-order valence-corrected chi connectivity index (χ2v) is 9.50. The summed E-state index contributed by atoms with van der Waals surface area (Å²) in [4.78, 5) is 16.9. The van der Waals surface area contributed by atoms with Gasteiger partial charge in [0.2, 0.25) is 11.9 Å². The predicted octanol–water partition coefficient (Wildman–Crippen LogP) is 3.65. The Morgan fingerprint density at radius 1 is 1.03 bits per heavy atom. The zero-order valence-electron chi connectivity index (χ0n) is 19.3. The van der Waals surface area contributed by atoms with Gasteiger partial charge in [-0.3, -0.25) is 9.36 Å². The van der Waals surface area contributed by atoms with E-state index in [2.05, 4.69) is 19.7 Å². The van der Waals surface area contributed by atoms with E-state index in [4.69, 9.17) is 9.47 Å².